The molecule has 0 aliphatic carbocycles. The Hall–Kier alpha value is 0.354. The molecule has 0 N–H and O–H groups in total. The molecule has 0 heterocycles. The predicted molar refractivity (Wildman–Crippen MR) is 58.2 cm³/mol. The largest absolute Gasteiger partial charge is 0.439 e. The minimum Gasteiger partial charge on any atom is -0.439 e. The summed E-state index contributed by atoms with van der Waals surface area (Å²) in [5.41, 5.74) is 0. The van der Waals surface area contributed by atoms with Crippen LogP contribution >= 0.6 is 0 Å². The number of hydrogen-bond donors (Lipinski definition) is 0. The summed E-state index contributed by atoms with van der Waals surface area (Å²) < 4.78 is 11.6. The summed E-state index contributed by atoms with van der Waals surface area (Å²) in [7, 11) is -2.69. The van der Waals surface area contributed by atoms with Gasteiger partial charge in [-0.05, 0) is 32.1 Å². The zero-order valence-electron chi connectivity index (χ0n) is 9.18. The molecule has 0 aliphatic heterocycles. The molecule has 0 fully saturated rings. The lowest BCUT2D eigenvalue weighted by atomic mass is 10.2. The Kier molecular flexibility index (Phi) is 5.32. The van der Waals surface area contributed by atoms with Crippen molar-refractivity contribution in [1.82, 2.24) is 0 Å². The zero-order valence-corrected chi connectivity index (χ0v) is 11.3. The van der Waals surface area contributed by atoms with E-state index in [1.165, 1.54) is 0 Å². The van der Waals surface area contributed by atoms with Crippen LogP contribution in [0.15, 0.2) is 0 Å². The SMILES string of the molecule is CC(C)CO[Si](C)(C)O[SiH](C)C. The van der Waals surface area contributed by atoms with Crippen LogP contribution in [0, 0.1) is 5.92 Å². The highest BCUT2D eigenvalue weighted by Crippen LogP contribution is 2.09. The first-order chi connectivity index (χ1) is 5.33. The van der Waals surface area contributed by atoms with Gasteiger partial charge < -0.3 is 8.54 Å². The standard InChI is InChI=1S/C8H22O2Si2/c1-8(2)7-9-12(5,6)10-11(3)4/h8,11H,7H2,1-6H3. The van der Waals surface area contributed by atoms with E-state index in [0.29, 0.717) is 5.92 Å². The van der Waals surface area contributed by atoms with E-state index in [1.807, 2.05) is 0 Å². The molecule has 0 rings (SSSR count). The lowest BCUT2D eigenvalue weighted by Crippen LogP contribution is -2.39. The number of hydrogen-bond acceptors (Lipinski definition) is 2. The molecular weight excluding hydrogens is 184 g/mol. The first kappa shape index (κ1) is 12.4. The van der Waals surface area contributed by atoms with Gasteiger partial charge in [-0.15, -0.1) is 0 Å². The van der Waals surface area contributed by atoms with Gasteiger partial charge in [0.15, 0.2) is 9.04 Å². The van der Waals surface area contributed by atoms with Crippen molar-refractivity contribution in [2.45, 2.75) is 40.0 Å². The third-order valence-corrected chi connectivity index (χ3v) is 6.30. The molecular formula is C8H22O2Si2. The maximum absolute atomic E-state index is 5.84. The molecule has 0 bridgehead atoms. The minimum atomic E-state index is -1.77. The highest BCUT2D eigenvalue weighted by atomic mass is 28.4. The second-order valence-electron chi connectivity index (χ2n) is 4.27. The van der Waals surface area contributed by atoms with Gasteiger partial charge in [-0.3, -0.25) is 0 Å². The fraction of sp³-hybridized carbons (Fsp3) is 1.00. The van der Waals surface area contributed by atoms with Crippen molar-refractivity contribution in [1.29, 1.82) is 0 Å². The van der Waals surface area contributed by atoms with Gasteiger partial charge in [-0.2, -0.15) is 0 Å². The van der Waals surface area contributed by atoms with Crippen molar-refractivity contribution < 1.29 is 8.54 Å². The van der Waals surface area contributed by atoms with Crippen molar-refractivity contribution in [3.63, 3.8) is 0 Å². The molecule has 12 heavy (non-hydrogen) atoms. The maximum atomic E-state index is 5.84. The molecule has 0 unspecified atom stereocenters. The lowest BCUT2D eigenvalue weighted by molar-refractivity contribution is 0.217. The molecule has 0 saturated carbocycles. The summed E-state index contributed by atoms with van der Waals surface area (Å²) >= 11 is 0. The Bertz CT molecular complexity index is 124. The molecule has 0 atom stereocenters. The van der Waals surface area contributed by atoms with Crippen molar-refractivity contribution in [2.24, 2.45) is 5.92 Å². The summed E-state index contributed by atoms with van der Waals surface area (Å²) in [6.45, 7) is 13.8. The fourth-order valence-corrected chi connectivity index (χ4v) is 6.52. The Morgan fingerprint density at radius 2 is 1.75 bits per heavy atom. The molecule has 0 aliphatic rings. The fourth-order valence-electron chi connectivity index (χ4n) is 0.969. The van der Waals surface area contributed by atoms with E-state index in [-0.39, 0.29) is 0 Å². The molecule has 74 valence electrons. The van der Waals surface area contributed by atoms with Crippen molar-refractivity contribution in [3.05, 3.63) is 0 Å². The van der Waals surface area contributed by atoms with Crippen LogP contribution in [-0.2, 0) is 8.54 Å². The second kappa shape index (κ2) is 5.16. The van der Waals surface area contributed by atoms with Gasteiger partial charge in [0.2, 0.25) is 0 Å². The molecule has 0 saturated heterocycles. The normalized spacial score (nSPS) is 13.0. The van der Waals surface area contributed by atoms with Gasteiger partial charge >= 0.3 is 8.56 Å². The van der Waals surface area contributed by atoms with E-state index >= 15 is 0 Å². The van der Waals surface area contributed by atoms with Gasteiger partial charge in [-0.1, -0.05) is 13.8 Å². The van der Waals surface area contributed by atoms with Crippen molar-refractivity contribution in [2.75, 3.05) is 6.61 Å². The Balaban J connectivity index is 3.71. The topological polar surface area (TPSA) is 18.5 Å². The van der Waals surface area contributed by atoms with Gasteiger partial charge in [0.05, 0.1) is 0 Å². The molecule has 0 radical (unpaired) electrons. The molecule has 2 nitrogen and oxygen atoms in total. The molecule has 0 amide bonds. The van der Waals surface area contributed by atoms with Gasteiger partial charge in [0, 0.05) is 6.61 Å². The average Bonchev–Trinajstić information content (AvgIpc) is 1.81. The quantitative estimate of drug-likeness (QED) is 0.643. The molecule has 0 spiro atoms. The van der Waals surface area contributed by atoms with E-state index in [2.05, 4.69) is 40.0 Å². The zero-order chi connectivity index (χ0) is 9.78. The summed E-state index contributed by atoms with van der Waals surface area (Å²) in [6, 6.07) is 0. The van der Waals surface area contributed by atoms with Gasteiger partial charge in [0.25, 0.3) is 0 Å². The number of rotatable bonds is 5. The maximum Gasteiger partial charge on any atom is 0.321 e. The first-order valence-electron chi connectivity index (χ1n) is 4.65. The molecule has 0 aromatic rings. The highest BCUT2D eigenvalue weighted by molar-refractivity contribution is 6.72. The third-order valence-electron chi connectivity index (χ3n) is 1.28. The minimum absolute atomic E-state index is 0.606. The average molecular weight is 206 g/mol. The third kappa shape index (κ3) is 7.03. The smallest absolute Gasteiger partial charge is 0.321 e. The summed E-state index contributed by atoms with van der Waals surface area (Å²) in [6.07, 6.45) is 0. The van der Waals surface area contributed by atoms with E-state index in [1.54, 1.807) is 0 Å². The van der Waals surface area contributed by atoms with Gasteiger partial charge in [-0.25, -0.2) is 0 Å². The van der Waals surface area contributed by atoms with Crippen LogP contribution in [0.25, 0.3) is 0 Å². The van der Waals surface area contributed by atoms with Crippen LogP contribution in [0.3, 0.4) is 0 Å². The molecule has 0 aromatic carbocycles. The van der Waals surface area contributed by atoms with Crippen molar-refractivity contribution in [3.8, 4) is 0 Å². The van der Waals surface area contributed by atoms with Gasteiger partial charge in [0.1, 0.15) is 0 Å². The monoisotopic (exact) mass is 206 g/mol. The Morgan fingerprint density at radius 3 is 2.08 bits per heavy atom. The van der Waals surface area contributed by atoms with Crippen LogP contribution < -0.4 is 0 Å². The van der Waals surface area contributed by atoms with Crippen LogP contribution in [0.2, 0.25) is 26.2 Å². The van der Waals surface area contributed by atoms with Crippen LogP contribution in [-0.4, -0.2) is 24.2 Å². The predicted octanol–water partition coefficient (Wildman–Crippen LogP) is 2.36. The first-order valence-corrected chi connectivity index (χ1v) is 10.2. The van der Waals surface area contributed by atoms with Crippen LogP contribution in [0.1, 0.15) is 13.8 Å². The van der Waals surface area contributed by atoms with Crippen LogP contribution in [0.4, 0.5) is 0 Å². The van der Waals surface area contributed by atoms with E-state index in [9.17, 15) is 0 Å². The van der Waals surface area contributed by atoms with E-state index < -0.39 is 17.6 Å². The highest BCUT2D eigenvalue weighted by Gasteiger charge is 2.25. The molecule has 4 heteroatoms. The van der Waals surface area contributed by atoms with Crippen molar-refractivity contribution >= 4 is 17.6 Å². The summed E-state index contributed by atoms with van der Waals surface area (Å²) in [5, 5.41) is 0. The summed E-state index contributed by atoms with van der Waals surface area (Å²) in [4.78, 5) is 0. The molecule has 0 aromatic heterocycles. The second-order valence-corrected chi connectivity index (χ2v) is 10.4. The van der Waals surface area contributed by atoms with E-state index in [0.717, 1.165) is 6.61 Å². The Labute approximate surface area is 79.2 Å². The summed E-state index contributed by atoms with van der Waals surface area (Å²) in [5.74, 6) is 0.606. The Morgan fingerprint density at radius 1 is 1.25 bits per heavy atom. The van der Waals surface area contributed by atoms with Crippen LogP contribution in [0.5, 0.6) is 0 Å². The van der Waals surface area contributed by atoms with E-state index in [4.69, 9.17) is 8.54 Å². The lowest BCUT2D eigenvalue weighted by Gasteiger charge is -2.26.